The van der Waals surface area contributed by atoms with Gasteiger partial charge in [0, 0.05) is 0 Å². The fourth-order valence-corrected chi connectivity index (χ4v) is 3.54. The summed E-state index contributed by atoms with van der Waals surface area (Å²) < 4.78 is 11.5. The maximum Gasteiger partial charge on any atom is 0.412 e. The number of hydrogen-bond acceptors (Lipinski definition) is 3. The monoisotopic (exact) mass is 297 g/mol. The van der Waals surface area contributed by atoms with E-state index in [4.69, 9.17) is 9.47 Å². The van der Waals surface area contributed by atoms with Gasteiger partial charge in [0.1, 0.15) is 11.3 Å². The lowest BCUT2D eigenvalue weighted by atomic mass is 9.84. The highest BCUT2D eigenvalue weighted by molar-refractivity contribution is 5.69. The minimum absolute atomic E-state index is 0.151. The Bertz CT molecular complexity index is 367. The van der Waals surface area contributed by atoms with Gasteiger partial charge in [-0.3, -0.25) is 4.90 Å². The molecule has 0 unspecified atom stereocenters. The Hall–Kier alpha value is -0.770. The number of rotatable bonds is 2. The summed E-state index contributed by atoms with van der Waals surface area (Å²) in [6, 6.07) is 0.151. The zero-order chi connectivity index (χ0) is 15.7. The summed E-state index contributed by atoms with van der Waals surface area (Å²) in [6.07, 6.45) is 7.40. The van der Waals surface area contributed by atoms with Crippen LogP contribution >= 0.6 is 0 Å². The molecule has 1 saturated carbocycles. The molecule has 122 valence electrons. The van der Waals surface area contributed by atoms with Gasteiger partial charge in [-0.05, 0) is 47.0 Å². The highest BCUT2D eigenvalue weighted by atomic mass is 16.6. The van der Waals surface area contributed by atoms with E-state index in [1.807, 2.05) is 39.5 Å². The van der Waals surface area contributed by atoms with Crippen molar-refractivity contribution in [3.05, 3.63) is 0 Å². The van der Waals surface area contributed by atoms with Crippen LogP contribution in [0.3, 0.4) is 0 Å². The summed E-state index contributed by atoms with van der Waals surface area (Å²) in [5.74, 6) is 0.728. The minimum atomic E-state index is -0.568. The van der Waals surface area contributed by atoms with Crippen molar-refractivity contribution in [2.75, 3.05) is 6.61 Å². The van der Waals surface area contributed by atoms with Crippen molar-refractivity contribution in [1.29, 1.82) is 0 Å². The molecule has 0 N–H and O–H groups in total. The molecule has 4 heteroatoms. The fraction of sp³-hybridized carbons (Fsp3) is 0.941. The maximum absolute atomic E-state index is 12.6. The van der Waals surface area contributed by atoms with Gasteiger partial charge in [-0.1, -0.05) is 32.1 Å². The molecule has 2 aliphatic rings. The zero-order valence-electron chi connectivity index (χ0n) is 14.3. The average Bonchev–Trinajstić information content (AvgIpc) is 2.63. The van der Waals surface area contributed by atoms with Gasteiger partial charge in [-0.25, -0.2) is 4.79 Å². The molecule has 21 heavy (non-hydrogen) atoms. The molecule has 4 nitrogen and oxygen atoms in total. The minimum Gasteiger partial charge on any atom is -0.444 e. The van der Waals surface area contributed by atoms with E-state index >= 15 is 0 Å². The van der Waals surface area contributed by atoms with Gasteiger partial charge in [0.05, 0.1) is 12.6 Å². The number of nitrogens with zero attached hydrogens (tertiary/aromatic N) is 1. The second-order valence-electron chi connectivity index (χ2n) is 8.00. The molecule has 1 heterocycles. The van der Waals surface area contributed by atoms with Crippen LogP contribution in [0.1, 0.15) is 73.1 Å². The van der Waals surface area contributed by atoms with Crippen LogP contribution in [-0.2, 0) is 9.47 Å². The van der Waals surface area contributed by atoms with Crippen molar-refractivity contribution >= 4 is 6.09 Å². The number of carbonyl (C=O) groups excluding carboxylic acids is 1. The third kappa shape index (κ3) is 4.35. The Morgan fingerprint density at radius 1 is 1.24 bits per heavy atom. The van der Waals surface area contributed by atoms with E-state index in [2.05, 4.69) is 0 Å². The summed E-state index contributed by atoms with van der Waals surface area (Å²) in [5.41, 5.74) is -1.03. The second kappa shape index (κ2) is 6.15. The van der Waals surface area contributed by atoms with Gasteiger partial charge in [0.2, 0.25) is 0 Å². The van der Waals surface area contributed by atoms with Crippen molar-refractivity contribution in [3.8, 4) is 0 Å². The van der Waals surface area contributed by atoms with Crippen molar-refractivity contribution in [2.24, 2.45) is 5.92 Å². The molecule has 0 radical (unpaired) electrons. The van der Waals surface area contributed by atoms with Crippen molar-refractivity contribution in [1.82, 2.24) is 4.90 Å². The largest absolute Gasteiger partial charge is 0.444 e. The number of hydrogen-bond donors (Lipinski definition) is 0. The van der Waals surface area contributed by atoms with Gasteiger partial charge in [-0.15, -0.1) is 0 Å². The molecule has 0 aromatic heterocycles. The molecule has 0 aromatic carbocycles. The van der Waals surface area contributed by atoms with Crippen LogP contribution in [0.15, 0.2) is 0 Å². The Labute approximate surface area is 129 Å². The quantitative estimate of drug-likeness (QED) is 0.761. The Morgan fingerprint density at radius 3 is 2.43 bits per heavy atom. The van der Waals surface area contributed by atoms with Gasteiger partial charge in [0.25, 0.3) is 0 Å². The highest BCUT2D eigenvalue weighted by Crippen LogP contribution is 2.35. The first-order valence-corrected chi connectivity index (χ1v) is 8.35. The van der Waals surface area contributed by atoms with E-state index in [0.29, 0.717) is 6.61 Å². The third-order valence-corrected chi connectivity index (χ3v) is 4.49. The standard InChI is InChI=1S/C17H31NO3/c1-16(2,3)21-15(19)18-14(12-20-17(18,4)5)11-13-9-7-6-8-10-13/h13-14H,6-12H2,1-5H3/t14-/m0/s1. The summed E-state index contributed by atoms with van der Waals surface area (Å²) in [6.45, 7) is 10.3. The Morgan fingerprint density at radius 2 is 1.86 bits per heavy atom. The molecule has 1 atom stereocenters. The van der Waals surface area contributed by atoms with Crippen molar-refractivity contribution in [2.45, 2.75) is 90.5 Å². The number of ether oxygens (including phenoxy) is 2. The van der Waals surface area contributed by atoms with E-state index in [0.717, 1.165) is 12.3 Å². The highest BCUT2D eigenvalue weighted by Gasteiger charge is 2.46. The SMILES string of the molecule is CC(C)(C)OC(=O)N1[C@@H](CC2CCCCC2)COC1(C)C. The molecular formula is C17H31NO3. The van der Waals surface area contributed by atoms with Crippen LogP contribution in [0.25, 0.3) is 0 Å². The van der Waals surface area contributed by atoms with Gasteiger partial charge in [-0.2, -0.15) is 0 Å². The molecule has 0 aromatic rings. The van der Waals surface area contributed by atoms with Gasteiger partial charge >= 0.3 is 6.09 Å². The summed E-state index contributed by atoms with van der Waals surface area (Å²) in [5, 5.41) is 0. The van der Waals surface area contributed by atoms with E-state index < -0.39 is 11.3 Å². The number of amides is 1. The van der Waals surface area contributed by atoms with E-state index in [1.54, 1.807) is 0 Å². The Kier molecular flexibility index (Phi) is 4.86. The van der Waals surface area contributed by atoms with Crippen LogP contribution < -0.4 is 0 Å². The fourth-order valence-electron chi connectivity index (χ4n) is 3.54. The second-order valence-corrected chi connectivity index (χ2v) is 8.00. The van der Waals surface area contributed by atoms with Crippen LogP contribution in [0.4, 0.5) is 4.79 Å². The average molecular weight is 297 g/mol. The topological polar surface area (TPSA) is 38.8 Å². The first kappa shape index (κ1) is 16.6. The third-order valence-electron chi connectivity index (χ3n) is 4.49. The molecule has 1 saturated heterocycles. The predicted molar refractivity (Wildman–Crippen MR) is 83.1 cm³/mol. The number of carbonyl (C=O) groups is 1. The summed E-state index contributed by atoms with van der Waals surface area (Å²) >= 11 is 0. The van der Waals surface area contributed by atoms with Crippen molar-refractivity contribution in [3.63, 3.8) is 0 Å². The lowest BCUT2D eigenvalue weighted by molar-refractivity contribution is -0.0632. The van der Waals surface area contributed by atoms with Gasteiger partial charge < -0.3 is 9.47 Å². The van der Waals surface area contributed by atoms with Gasteiger partial charge in [0.15, 0.2) is 0 Å². The predicted octanol–water partition coefficient (Wildman–Crippen LogP) is 4.33. The van der Waals surface area contributed by atoms with E-state index in [9.17, 15) is 4.79 Å². The van der Waals surface area contributed by atoms with Crippen LogP contribution in [0.2, 0.25) is 0 Å². The molecule has 2 fully saturated rings. The summed E-state index contributed by atoms with van der Waals surface area (Å²) in [7, 11) is 0. The Balaban J connectivity index is 2.03. The smallest absolute Gasteiger partial charge is 0.412 e. The molecule has 0 spiro atoms. The lowest BCUT2D eigenvalue weighted by Gasteiger charge is -2.36. The molecule has 2 rings (SSSR count). The normalized spacial score (nSPS) is 26.9. The molecule has 0 bridgehead atoms. The molecule has 1 aliphatic heterocycles. The molecule has 1 aliphatic carbocycles. The first-order chi connectivity index (χ1) is 9.69. The van der Waals surface area contributed by atoms with E-state index in [-0.39, 0.29) is 12.1 Å². The zero-order valence-corrected chi connectivity index (χ0v) is 14.3. The lowest BCUT2D eigenvalue weighted by Crippen LogP contribution is -2.50. The molecule has 1 amide bonds. The van der Waals surface area contributed by atoms with Crippen LogP contribution in [0.5, 0.6) is 0 Å². The first-order valence-electron chi connectivity index (χ1n) is 8.35. The van der Waals surface area contributed by atoms with Crippen LogP contribution in [0, 0.1) is 5.92 Å². The molecular weight excluding hydrogens is 266 g/mol. The van der Waals surface area contributed by atoms with E-state index in [1.165, 1.54) is 32.1 Å². The maximum atomic E-state index is 12.6. The van der Waals surface area contributed by atoms with Crippen molar-refractivity contribution < 1.29 is 14.3 Å². The summed E-state index contributed by atoms with van der Waals surface area (Å²) in [4.78, 5) is 14.4. The van der Waals surface area contributed by atoms with Crippen LogP contribution in [-0.4, -0.2) is 35.0 Å².